The number of hydrogen-bond acceptors (Lipinski definition) is 7. The van der Waals surface area contributed by atoms with E-state index in [4.69, 9.17) is 5.41 Å². The fourth-order valence-corrected chi connectivity index (χ4v) is 5.26. The van der Waals surface area contributed by atoms with Crippen molar-refractivity contribution in [2.75, 3.05) is 18.8 Å². The van der Waals surface area contributed by atoms with Crippen LogP contribution in [0.5, 0.6) is 0 Å². The van der Waals surface area contributed by atoms with Crippen molar-refractivity contribution < 1.29 is 19.8 Å². The lowest BCUT2D eigenvalue weighted by molar-refractivity contribution is -0.161. The molecule has 10 heteroatoms. The molecule has 1 amide bonds. The highest BCUT2D eigenvalue weighted by molar-refractivity contribution is 8.03. The Morgan fingerprint density at radius 2 is 2.33 bits per heavy atom. The van der Waals surface area contributed by atoms with Gasteiger partial charge in [0.2, 0.25) is 5.91 Å². The third-order valence-electron chi connectivity index (χ3n) is 4.90. The van der Waals surface area contributed by atoms with Crippen molar-refractivity contribution in [2.45, 2.75) is 32.4 Å². The van der Waals surface area contributed by atoms with Crippen LogP contribution in [0, 0.1) is 11.3 Å². The molecule has 1 fully saturated rings. The van der Waals surface area contributed by atoms with Crippen LogP contribution < -0.4 is 0 Å². The van der Waals surface area contributed by atoms with Crippen LogP contribution in [-0.2, 0) is 9.59 Å². The zero-order chi connectivity index (χ0) is 19.7. The van der Waals surface area contributed by atoms with Crippen LogP contribution in [0.4, 0.5) is 0 Å². The van der Waals surface area contributed by atoms with Crippen LogP contribution >= 0.6 is 23.1 Å². The summed E-state index contributed by atoms with van der Waals surface area (Å²) in [6, 6.07) is -0.262. The minimum absolute atomic E-state index is 0.0459. The number of nitrogens with one attached hydrogen (secondary N) is 1. The summed E-state index contributed by atoms with van der Waals surface area (Å²) in [5.41, 5.74) is 2.37. The summed E-state index contributed by atoms with van der Waals surface area (Å²) >= 11 is 2.85. The van der Waals surface area contributed by atoms with Gasteiger partial charge in [-0.15, -0.1) is 23.1 Å². The maximum Gasteiger partial charge on any atom is 0.353 e. The number of β-lactam (4-membered cyclic amide) rings is 1. The second kappa shape index (κ2) is 7.99. The quantitative estimate of drug-likeness (QED) is 0.337. The second-order valence-corrected chi connectivity index (χ2v) is 8.38. The number of aromatic nitrogens is 1. The third-order valence-corrected chi connectivity index (χ3v) is 6.58. The first-order valence-electron chi connectivity index (χ1n) is 8.69. The number of carboxylic acid groups (broad SMARTS) is 1. The highest BCUT2D eigenvalue weighted by Crippen LogP contribution is 2.46. The lowest BCUT2D eigenvalue weighted by Crippen LogP contribution is -2.61. The lowest BCUT2D eigenvalue weighted by atomic mass is 9.83. The number of thioether (sulfide) groups is 1. The summed E-state index contributed by atoms with van der Waals surface area (Å²) in [6.07, 6.45) is -0.323. The van der Waals surface area contributed by atoms with E-state index in [1.807, 2.05) is 17.2 Å². The summed E-state index contributed by atoms with van der Waals surface area (Å²) in [6.45, 7) is 4.75. The van der Waals surface area contributed by atoms with E-state index in [2.05, 4.69) is 4.98 Å². The van der Waals surface area contributed by atoms with Gasteiger partial charge >= 0.3 is 5.97 Å². The predicted molar refractivity (Wildman–Crippen MR) is 104 cm³/mol. The van der Waals surface area contributed by atoms with Crippen LogP contribution in [0.2, 0.25) is 0 Å². The molecule has 2 aliphatic heterocycles. The van der Waals surface area contributed by atoms with Crippen molar-refractivity contribution in [3.63, 3.8) is 0 Å². The van der Waals surface area contributed by atoms with E-state index in [1.165, 1.54) is 28.0 Å². The highest BCUT2D eigenvalue weighted by atomic mass is 32.2. The van der Waals surface area contributed by atoms with Crippen molar-refractivity contribution in [1.82, 2.24) is 14.8 Å². The molecule has 8 nitrogen and oxygen atoms in total. The van der Waals surface area contributed by atoms with Crippen LogP contribution in [0.1, 0.15) is 26.0 Å². The van der Waals surface area contributed by atoms with Crippen LogP contribution in [0.3, 0.4) is 0 Å². The van der Waals surface area contributed by atoms with Gasteiger partial charge < -0.3 is 20.0 Å². The molecular weight excluding hydrogens is 388 g/mol. The molecule has 3 heterocycles. The van der Waals surface area contributed by atoms with Gasteiger partial charge in [0.25, 0.3) is 0 Å². The van der Waals surface area contributed by atoms with E-state index in [-0.39, 0.29) is 17.6 Å². The predicted octanol–water partition coefficient (Wildman–Crippen LogP) is 1.43. The number of aliphatic hydroxyl groups excluding tert-OH is 1. The first-order valence-corrected chi connectivity index (χ1v) is 10.6. The van der Waals surface area contributed by atoms with Crippen LogP contribution in [0.15, 0.2) is 21.5 Å². The Balaban J connectivity index is 1.64. The van der Waals surface area contributed by atoms with Gasteiger partial charge in [-0.05, 0) is 13.8 Å². The molecule has 1 aromatic rings. The van der Waals surface area contributed by atoms with E-state index < -0.39 is 18.0 Å². The Labute approximate surface area is 165 Å². The number of amides is 1. The fraction of sp³-hybridized carbons (Fsp3) is 0.529. The van der Waals surface area contributed by atoms with Gasteiger partial charge in [-0.1, -0.05) is 0 Å². The summed E-state index contributed by atoms with van der Waals surface area (Å²) in [5, 5.41) is 29.4. The molecule has 0 spiro atoms. The molecule has 0 radical (unpaired) electrons. The molecule has 3 atom stereocenters. The molecule has 2 aliphatic rings. The van der Waals surface area contributed by atoms with Gasteiger partial charge in [-0.3, -0.25) is 10.2 Å². The van der Waals surface area contributed by atoms with Crippen molar-refractivity contribution in [2.24, 2.45) is 5.92 Å². The summed E-state index contributed by atoms with van der Waals surface area (Å²) in [4.78, 5) is 31.9. The summed E-state index contributed by atoms with van der Waals surface area (Å²) < 4.78 is 0. The standard InChI is InChI=1S/C17H22N4O4S2/c1-3-20(15(18)10-7-26-8-19-10)4-5-27-12-6-11-13(9(2)22)16(23)21(11)14(12)17(24)25/h7-9,11,13,18,22H,3-6H2,1-2H3,(H,24,25)/t9-,11-,13-/m1/s1. The zero-order valence-corrected chi connectivity index (χ0v) is 16.7. The molecule has 3 N–H and O–H groups in total. The van der Waals surface area contributed by atoms with Crippen LogP contribution in [-0.4, -0.2) is 73.7 Å². The molecule has 0 saturated carbocycles. The molecule has 0 bridgehead atoms. The Kier molecular flexibility index (Phi) is 5.87. The Morgan fingerprint density at radius 1 is 1.59 bits per heavy atom. The number of rotatable bonds is 8. The average Bonchev–Trinajstić information content (AvgIpc) is 3.24. The Bertz CT molecular complexity index is 778. The Morgan fingerprint density at radius 3 is 2.89 bits per heavy atom. The maximum absolute atomic E-state index is 12.2. The molecule has 27 heavy (non-hydrogen) atoms. The zero-order valence-electron chi connectivity index (χ0n) is 15.1. The SMILES string of the molecule is CCN(CCSC1=C(C(=O)O)N2C(=O)[C@H]([C@@H](C)O)[C@H]2C1)C(=N)c1cscn1. The Hall–Kier alpha value is -1.91. The third kappa shape index (κ3) is 3.61. The van der Waals surface area contributed by atoms with Gasteiger partial charge in [0.15, 0.2) is 0 Å². The van der Waals surface area contributed by atoms with E-state index in [1.54, 1.807) is 12.4 Å². The number of aliphatic hydroxyl groups is 1. The molecule has 146 valence electrons. The molecule has 1 saturated heterocycles. The lowest BCUT2D eigenvalue weighted by Gasteiger charge is -2.44. The minimum Gasteiger partial charge on any atom is -0.477 e. The molecule has 3 rings (SSSR count). The minimum atomic E-state index is -1.11. The largest absolute Gasteiger partial charge is 0.477 e. The number of amidine groups is 1. The van der Waals surface area contributed by atoms with Crippen molar-refractivity contribution in [3.05, 3.63) is 27.2 Å². The fourth-order valence-electron chi connectivity index (χ4n) is 3.56. The number of carboxylic acids is 1. The first-order chi connectivity index (χ1) is 12.9. The van der Waals surface area contributed by atoms with Gasteiger partial charge in [-0.2, -0.15) is 0 Å². The molecule has 0 aromatic carbocycles. The van der Waals surface area contributed by atoms with E-state index in [9.17, 15) is 19.8 Å². The summed E-state index contributed by atoms with van der Waals surface area (Å²) in [5.74, 6) is -1.00. The smallest absolute Gasteiger partial charge is 0.353 e. The number of carbonyl (C=O) groups excluding carboxylic acids is 1. The molecule has 0 unspecified atom stereocenters. The average molecular weight is 411 g/mol. The summed E-state index contributed by atoms with van der Waals surface area (Å²) in [7, 11) is 0. The number of fused-ring (bicyclic) bond motifs is 1. The number of carbonyl (C=O) groups is 2. The second-order valence-electron chi connectivity index (χ2n) is 6.47. The highest BCUT2D eigenvalue weighted by Gasteiger charge is 2.56. The number of aliphatic carboxylic acids is 1. The van der Waals surface area contributed by atoms with E-state index in [0.717, 1.165) is 0 Å². The number of nitrogens with zero attached hydrogens (tertiary/aromatic N) is 3. The number of thiazole rings is 1. The van der Waals surface area contributed by atoms with Crippen molar-refractivity contribution in [1.29, 1.82) is 5.41 Å². The van der Waals surface area contributed by atoms with Gasteiger partial charge in [-0.25, -0.2) is 9.78 Å². The van der Waals surface area contributed by atoms with Gasteiger partial charge in [0, 0.05) is 35.5 Å². The first kappa shape index (κ1) is 19.8. The number of hydrogen-bond donors (Lipinski definition) is 3. The van der Waals surface area contributed by atoms with E-state index >= 15 is 0 Å². The van der Waals surface area contributed by atoms with Crippen molar-refractivity contribution >= 4 is 40.8 Å². The molecule has 0 aliphatic carbocycles. The van der Waals surface area contributed by atoms with Gasteiger partial charge in [0.1, 0.15) is 17.2 Å². The van der Waals surface area contributed by atoms with Crippen LogP contribution in [0.25, 0.3) is 0 Å². The monoisotopic (exact) mass is 410 g/mol. The van der Waals surface area contributed by atoms with Crippen molar-refractivity contribution in [3.8, 4) is 0 Å². The van der Waals surface area contributed by atoms with E-state index in [0.29, 0.717) is 41.7 Å². The normalized spacial score (nSPS) is 22.5. The molecule has 1 aromatic heterocycles. The maximum atomic E-state index is 12.2. The molecular formula is C17H22N4O4S2. The van der Waals surface area contributed by atoms with Gasteiger partial charge in [0.05, 0.1) is 23.6 Å². The topological polar surface area (TPSA) is 118 Å².